The molecule has 2 N–H and O–H groups in total. The predicted molar refractivity (Wildman–Crippen MR) is 117 cm³/mol. The molecule has 2 atom stereocenters. The number of hydrogen-bond acceptors (Lipinski definition) is 7. The molecule has 4 heterocycles. The summed E-state index contributed by atoms with van der Waals surface area (Å²) in [5.41, 5.74) is 0. The molecule has 3 aliphatic heterocycles. The largest absolute Gasteiger partial charge is 0.490 e. The Labute approximate surface area is 213 Å². The molecular weight excluding hydrogens is 532 g/mol. The van der Waals surface area contributed by atoms with Gasteiger partial charge < -0.3 is 24.3 Å². The number of aliphatic carboxylic acids is 2. The number of halogens is 6. The van der Waals surface area contributed by atoms with Gasteiger partial charge in [0.15, 0.2) is 0 Å². The number of furan rings is 1. The summed E-state index contributed by atoms with van der Waals surface area (Å²) in [7, 11) is 0. The number of carbonyl (C=O) groups is 3. The van der Waals surface area contributed by atoms with Gasteiger partial charge in [-0.2, -0.15) is 26.3 Å². The minimum atomic E-state index is -5.08. The Kier molecular flexibility index (Phi) is 11.4. The number of likely N-dealkylation sites (tertiary alicyclic amines) is 2. The lowest BCUT2D eigenvalue weighted by Crippen LogP contribution is -2.54. The summed E-state index contributed by atoms with van der Waals surface area (Å²) < 4.78 is 74.4. The van der Waals surface area contributed by atoms with Crippen molar-refractivity contribution in [2.45, 2.75) is 50.2 Å². The zero-order valence-electron chi connectivity index (χ0n) is 20.2. The van der Waals surface area contributed by atoms with Crippen molar-refractivity contribution in [3.05, 3.63) is 24.2 Å². The molecule has 4 rings (SSSR count). The molecule has 0 unspecified atom stereocenters. The summed E-state index contributed by atoms with van der Waals surface area (Å²) >= 11 is 0. The van der Waals surface area contributed by atoms with Crippen molar-refractivity contribution >= 4 is 17.8 Å². The van der Waals surface area contributed by atoms with Crippen LogP contribution >= 0.6 is 0 Å². The summed E-state index contributed by atoms with van der Waals surface area (Å²) in [5.74, 6) is -4.16. The molecule has 0 saturated carbocycles. The normalized spacial score (nSPS) is 22.6. The lowest BCUT2D eigenvalue weighted by atomic mass is 9.96. The van der Waals surface area contributed by atoms with E-state index in [1.54, 1.807) is 6.26 Å². The second-order valence-electron chi connectivity index (χ2n) is 8.66. The Morgan fingerprint density at radius 1 is 0.921 bits per heavy atom. The number of carboxylic acids is 2. The summed E-state index contributed by atoms with van der Waals surface area (Å²) in [4.78, 5) is 37.3. The molecule has 3 saturated heterocycles. The summed E-state index contributed by atoms with van der Waals surface area (Å²) in [6, 6.07) is 4.85. The van der Waals surface area contributed by atoms with Crippen LogP contribution in [0.15, 0.2) is 22.8 Å². The number of nitrogens with zero attached hydrogens (tertiary/aromatic N) is 3. The minimum absolute atomic E-state index is 0.337. The zero-order valence-corrected chi connectivity index (χ0v) is 20.2. The van der Waals surface area contributed by atoms with Gasteiger partial charge in [0.25, 0.3) is 0 Å². The van der Waals surface area contributed by atoms with Gasteiger partial charge >= 0.3 is 24.3 Å². The fraction of sp³-hybridized carbons (Fsp3) is 0.682. The molecule has 216 valence electrons. The number of fused-ring (bicyclic) bond motifs is 1. The molecule has 0 spiro atoms. The molecule has 10 nitrogen and oxygen atoms in total. The van der Waals surface area contributed by atoms with Crippen LogP contribution in [0.3, 0.4) is 0 Å². The van der Waals surface area contributed by atoms with Crippen molar-refractivity contribution in [2.75, 3.05) is 45.9 Å². The molecule has 1 amide bonds. The van der Waals surface area contributed by atoms with E-state index in [0.717, 1.165) is 71.1 Å². The Hall–Kier alpha value is -2.85. The highest BCUT2D eigenvalue weighted by atomic mass is 19.4. The SMILES string of the molecule is O=C(O)C(F)(F)F.O=C(O)C(F)(F)F.O=C1CC[C@H]2[C@H](CCN2Cc2ccco2)N1CCN1CCOCC1. The Bertz CT molecular complexity index is 880. The topological polar surface area (TPSA) is 124 Å². The number of hydrogen-bond donors (Lipinski definition) is 2. The van der Waals surface area contributed by atoms with Crippen molar-refractivity contribution in [3.8, 4) is 0 Å². The highest BCUT2D eigenvalue weighted by Gasteiger charge is 2.43. The zero-order chi connectivity index (χ0) is 28.5. The van der Waals surface area contributed by atoms with E-state index in [0.29, 0.717) is 24.4 Å². The molecule has 0 bridgehead atoms. The van der Waals surface area contributed by atoms with E-state index in [9.17, 15) is 31.1 Å². The number of carbonyl (C=O) groups excluding carboxylic acids is 1. The van der Waals surface area contributed by atoms with Crippen molar-refractivity contribution < 1.29 is 60.1 Å². The molecule has 16 heteroatoms. The third-order valence-corrected chi connectivity index (χ3v) is 6.18. The maximum Gasteiger partial charge on any atom is 0.490 e. The second kappa shape index (κ2) is 13.8. The number of rotatable bonds is 5. The van der Waals surface area contributed by atoms with Crippen molar-refractivity contribution in [3.63, 3.8) is 0 Å². The molecule has 3 aliphatic rings. The molecular formula is C22H29F6N3O7. The van der Waals surface area contributed by atoms with Crippen molar-refractivity contribution in [1.82, 2.24) is 14.7 Å². The van der Waals surface area contributed by atoms with Gasteiger partial charge in [-0.25, -0.2) is 9.59 Å². The van der Waals surface area contributed by atoms with Gasteiger partial charge in [0, 0.05) is 51.2 Å². The highest BCUT2D eigenvalue weighted by molar-refractivity contribution is 5.77. The Balaban J connectivity index is 0.000000301. The number of carboxylic acid groups (broad SMARTS) is 2. The standard InChI is InChI=1S/C18H27N3O3.2C2HF3O2/c22-18-4-3-16-17(5-6-20(16)14-15-2-1-11-24-15)21(18)8-7-19-9-12-23-13-10-19;2*3-2(4,5)1(6)7/h1-2,11,16-17H,3-10,12-14H2;2*(H,6,7)/t16-,17-;;/m0../s1. The number of piperidine rings is 1. The lowest BCUT2D eigenvalue weighted by Gasteiger charge is -2.41. The third-order valence-electron chi connectivity index (χ3n) is 6.18. The second-order valence-corrected chi connectivity index (χ2v) is 8.66. The average Bonchev–Trinajstić information content (AvgIpc) is 3.49. The molecule has 3 fully saturated rings. The van der Waals surface area contributed by atoms with E-state index < -0.39 is 24.3 Å². The summed E-state index contributed by atoms with van der Waals surface area (Å²) in [6.07, 6.45) is -5.68. The first-order valence-corrected chi connectivity index (χ1v) is 11.7. The summed E-state index contributed by atoms with van der Waals surface area (Å²) in [5, 5.41) is 14.2. The van der Waals surface area contributed by atoms with E-state index in [2.05, 4.69) is 14.7 Å². The summed E-state index contributed by atoms with van der Waals surface area (Å²) in [6.45, 7) is 7.34. The third kappa shape index (κ3) is 9.79. The Morgan fingerprint density at radius 2 is 1.50 bits per heavy atom. The van der Waals surface area contributed by atoms with E-state index in [-0.39, 0.29) is 0 Å². The number of ether oxygens (including phenoxy) is 1. The quantitative estimate of drug-likeness (QED) is 0.522. The van der Waals surface area contributed by atoms with Crippen LogP contribution in [0, 0.1) is 0 Å². The first-order chi connectivity index (χ1) is 17.7. The van der Waals surface area contributed by atoms with Crippen LogP contribution < -0.4 is 0 Å². The average molecular weight is 561 g/mol. The monoisotopic (exact) mass is 561 g/mol. The highest BCUT2D eigenvalue weighted by Crippen LogP contribution is 2.32. The first-order valence-electron chi connectivity index (χ1n) is 11.7. The predicted octanol–water partition coefficient (Wildman–Crippen LogP) is 2.44. The van der Waals surface area contributed by atoms with Crippen LogP contribution in [0.25, 0.3) is 0 Å². The van der Waals surface area contributed by atoms with Gasteiger partial charge in [0.1, 0.15) is 5.76 Å². The van der Waals surface area contributed by atoms with Crippen LogP contribution in [-0.2, 0) is 25.7 Å². The van der Waals surface area contributed by atoms with Gasteiger partial charge in [-0.05, 0) is 25.0 Å². The van der Waals surface area contributed by atoms with Gasteiger partial charge in [-0.15, -0.1) is 0 Å². The van der Waals surface area contributed by atoms with Crippen LogP contribution in [0.4, 0.5) is 26.3 Å². The van der Waals surface area contributed by atoms with Gasteiger partial charge in [-0.3, -0.25) is 14.6 Å². The van der Waals surface area contributed by atoms with Gasteiger partial charge in [-0.1, -0.05) is 0 Å². The first kappa shape index (κ1) is 31.4. The van der Waals surface area contributed by atoms with Crippen molar-refractivity contribution in [2.24, 2.45) is 0 Å². The van der Waals surface area contributed by atoms with E-state index in [1.807, 2.05) is 12.1 Å². The molecule has 38 heavy (non-hydrogen) atoms. The molecule has 1 aromatic heterocycles. The fourth-order valence-corrected chi connectivity index (χ4v) is 4.40. The lowest BCUT2D eigenvalue weighted by molar-refractivity contribution is -0.193. The van der Waals surface area contributed by atoms with Gasteiger partial charge in [0.2, 0.25) is 5.91 Å². The fourth-order valence-electron chi connectivity index (χ4n) is 4.40. The van der Waals surface area contributed by atoms with E-state index in [1.165, 1.54) is 0 Å². The smallest absolute Gasteiger partial charge is 0.475 e. The van der Waals surface area contributed by atoms with Crippen LogP contribution in [0.1, 0.15) is 25.0 Å². The molecule has 0 aliphatic carbocycles. The van der Waals surface area contributed by atoms with Crippen LogP contribution in [0.2, 0.25) is 0 Å². The maximum atomic E-state index is 12.5. The molecule has 0 radical (unpaired) electrons. The molecule has 0 aromatic carbocycles. The van der Waals surface area contributed by atoms with E-state index >= 15 is 0 Å². The van der Waals surface area contributed by atoms with Crippen LogP contribution in [0.5, 0.6) is 0 Å². The van der Waals surface area contributed by atoms with Crippen molar-refractivity contribution in [1.29, 1.82) is 0 Å². The van der Waals surface area contributed by atoms with E-state index in [4.69, 9.17) is 29.0 Å². The number of morpholine rings is 1. The molecule has 1 aromatic rings. The maximum absolute atomic E-state index is 12.5. The number of alkyl halides is 6. The van der Waals surface area contributed by atoms with Crippen LogP contribution in [-0.4, -0.2) is 113 Å². The van der Waals surface area contributed by atoms with Gasteiger partial charge in [0.05, 0.1) is 26.0 Å². The number of amides is 1. The Morgan fingerprint density at radius 3 is 2.00 bits per heavy atom. The minimum Gasteiger partial charge on any atom is -0.475 e.